The van der Waals surface area contributed by atoms with Crippen LogP contribution in [0.15, 0.2) is 22.7 Å². The quantitative estimate of drug-likeness (QED) is 0.862. The van der Waals surface area contributed by atoms with E-state index in [1.54, 1.807) is 0 Å². The molecule has 0 aliphatic rings. The van der Waals surface area contributed by atoms with Gasteiger partial charge in [0, 0.05) is 13.0 Å². The molecule has 1 heterocycles. The van der Waals surface area contributed by atoms with Crippen LogP contribution in [0.4, 0.5) is 0 Å². The number of likely N-dealkylation sites (N-methyl/N-ethyl adjacent to an activating group) is 1. The SMILES string of the molecule is CNCCc1noc(COc2ccc(C)c(C)c2)n1. The van der Waals surface area contributed by atoms with Crippen LogP contribution >= 0.6 is 0 Å². The summed E-state index contributed by atoms with van der Waals surface area (Å²) in [5, 5.41) is 6.93. The third-order valence-corrected chi connectivity index (χ3v) is 2.95. The highest BCUT2D eigenvalue weighted by Gasteiger charge is 2.06. The van der Waals surface area contributed by atoms with Crippen LogP contribution in [0.25, 0.3) is 0 Å². The van der Waals surface area contributed by atoms with Crippen molar-refractivity contribution in [2.24, 2.45) is 0 Å². The zero-order valence-corrected chi connectivity index (χ0v) is 11.6. The van der Waals surface area contributed by atoms with Crippen molar-refractivity contribution in [3.63, 3.8) is 0 Å². The van der Waals surface area contributed by atoms with Gasteiger partial charge in [-0.2, -0.15) is 4.98 Å². The zero-order chi connectivity index (χ0) is 13.7. The third-order valence-electron chi connectivity index (χ3n) is 2.95. The first-order chi connectivity index (χ1) is 9.19. The molecule has 0 saturated heterocycles. The molecule has 102 valence electrons. The molecule has 2 aromatic rings. The lowest BCUT2D eigenvalue weighted by Gasteiger charge is -2.05. The molecule has 0 radical (unpaired) electrons. The Morgan fingerprint density at radius 2 is 2.11 bits per heavy atom. The van der Waals surface area contributed by atoms with E-state index in [4.69, 9.17) is 9.26 Å². The topological polar surface area (TPSA) is 60.2 Å². The Kier molecular flexibility index (Phi) is 4.52. The summed E-state index contributed by atoms with van der Waals surface area (Å²) in [6.45, 7) is 5.27. The highest BCUT2D eigenvalue weighted by Crippen LogP contribution is 2.17. The Bertz CT molecular complexity index is 537. The molecule has 0 unspecified atom stereocenters. The normalized spacial score (nSPS) is 10.7. The maximum Gasteiger partial charge on any atom is 0.264 e. The Morgan fingerprint density at radius 3 is 2.84 bits per heavy atom. The molecule has 0 amide bonds. The average molecular weight is 261 g/mol. The molecule has 5 heteroatoms. The van der Waals surface area contributed by atoms with E-state index in [2.05, 4.69) is 29.3 Å². The minimum absolute atomic E-state index is 0.301. The van der Waals surface area contributed by atoms with Gasteiger partial charge in [-0.05, 0) is 44.2 Å². The van der Waals surface area contributed by atoms with Crippen LogP contribution in [0.3, 0.4) is 0 Å². The highest BCUT2D eigenvalue weighted by atomic mass is 16.5. The summed E-state index contributed by atoms with van der Waals surface area (Å²) in [4.78, 5) is 4.26. The number of nitrogens with zero attached hydrogens (tertiary/aromatic N) is 2. The van der Waals surface area contributed by atoms with Crippen LogP contribution in [-0.2, 0) is 13.0 Å². The third kappa shape index (κ3) is 3.79. The van der Waals surface area contributed by atoms with E-state index in [1.807, 2.05) is 25.2 Å². The molecule has 0 bridgehead atoms. The summed E-state index contributed by atoms with van der Waals surface area (Å²) in [5.41, 5.74) is 2.46. The predicted octanol–water partition coefficient (Wildman–Crippen LogP) is 2.03. The molecule has 0 aliphatic heterocycles. The van der Waals surface area contributed by atoms with Crippen LogP contribution in [0.2, 0.25) is 0 Å². The van der Waals surface area contributed by atoms with E-state index in [9.17, 15) is 0 Å². The van der Waals surface area contributed by atoms with Gasteiger partial charge in [-0.15, -0.1) is 0 Å². The van der Waals surface area contributed by atoms with Crippen LogP contribution in [-0.4, -0.2) is 23.7 Å². The molecule has 1 aromatic heterocycles. The first-order valence-corrected chi connectivity index (χ1v) is 6.35. The largest absolute Gasteiger partial charge is 0.484 e. The molecule has 0 saturated carbocycles. The van der Waals surface area contributed by atoms with Gasteiger partial charge >= 0.3 is 0 Å². The standard InChI is InChI=1S/C14H19N3O2/c1-10-4-5-12(8-11(10)2)18-9-14-16-13(17-19-14)6-7-15-3/h4-5,8,15H,6-7,9H2,1-3H3. The molecular formula is C14H19N3O2. The van der Waals surface area contributed by atoms with Crippen LogP contribution < -0.4 is 10.1 Å². The van der Waals surface area contributed by atoms with Gasteiger partial charge < -0.3 is 14.6 Å². The van der Waals surface area contributed by atoms with Gasteiger partial charge in [0.1, 0.15) is 5.75 Å². The number of hydrogen-bond donors (Lipinski definition) is 1. The molecule has 0 spiro atoms. The lowest BCUT2D eigenvalue weighted by Crippen LogP contribution is -2.11. The van der Waals surface area contributed by atoms with E-state index in [1.165, 1.54) is 11.1 Å². The van der Waals surface area contributed by atoms with Crippen LogP contribution in [0, 0.1) is 13.8 Å². The van der Waals surface area contributed by atoms with Gasteiger partial charge in [-0.3, -0.25) is 0 Å². The summed E-state index contributed by atoms with van der Waals surface area (Å²) < 4.78 is 10.8. The Labute approximate surface area is 113 Å². The van der Waals surface area contributed by atoms with Crippen molar-refractivity contribution in [1.82, 2.24) is 15.5 Å². The number of aryl methyl sites for hydroxylation is 2. The lowest BCUT2D eigenvalue weighted by molar-refractivity contribution is 0.242. The molecule has 1 N–H and O–H groups in total. The van der Waals surface area contributed by atoms with E-state index in [0.717, 1.165) is 18.7 Å². The van der Waals surface area contributed by atoms with Crippen molar-refractivity contribution < 1.29 is 9.26 Å². The monoisotopic (exact) mass is 261 g/mol. The first kappa shape index (κ1) is 13.5. The molecule has 5 nitrogen and oxygen atoms in total. The summed E-state index contributed by atoms with van der Waals surface area (Å²) in [6, 6.07) is 5.99. The van der Waals surface area contributed by atoms with E-state index < -0.39 is 0 Å². The Morgan fingerprint density at radius 1 is 1.26 bits per heavy atom. The molecule has 0 atom stereocenters. The minimum atomic E-state index is 0.301. The number of rotatable bonds is 6. The fourth-order valence-corrected chi connectivity index (χ4v) is 1.64. The second kappa shape index (κ2) is 6.33. The molecule has 1 aromatic carbocycles. The summed E-state index contributed by atoms with van der Waals surface area (Å²) in [7, 11) is 1.89. The van der Waals surface area contributed by atoms with E-state index in [-0.39, 0.29) is 0 Å². The molecule has 0 aliphatic carbocycles. The smallest absolute Gasteiger partial charge is 0.264 e. The number of nitrogens with one attached hydrogen (secondary N) is 1. The summed E-state index contributed by atoms with van der Waals surface area (Å²) in [6.07, 6.45) is 0.754. The van der Waals surface area contributed by atoms with Gasteiger partial charge in [0.25, 0.3) is 5.89 Å². The van der Waals surface area contributed by atoms with E-state index in [0.29, 0.717) is 18.3 Å². The number of hydrogen-bond acceptors (Lipinski definition) is 5. The van der Waals surface area contributed by atoms with Crippen molar-refractivity contribution in [3.05, 3.63) is 41.0 Å². The number of ether oxygens (including phenoxy) is 1. The highest BCUT2D eigenvalue weighted by molar-refractivity contribution is 5.33. The summed E-state index contributed by atoms with van der Waals surface area (Å²) in [5.74, 6) is 2.02. The zero-order valence-electron chi connectivity index (χ0n) is 11.6. The van der Waals surface area contributed by atoms with Gasteiger partial charge in [0.2, 0.25) is 0 Å². The second-order valence-electron chi connectivity index (χ2n) is 4.49. The number of benzene rings is 1. The number of aromatic nitrogens is 2. The van der Waals surface area contributed by atoms with Gasteiger partial charge in [-0.25, -0.2) is 0 Å². The van der Waals surface area contributed by atoms with Crippen LogP contribution in [0.1, 0.15) is 22.8 Å². The Balaban J connectivity index is 1.91. The summed E-state index contributed by atoms with van der Waals surface area (Å²) >= 11 is 0. The predicted molar refractivity (Wildman–Crippen MR) is 72.2 cm³/mol. The maximum absolute atomic E-state index is 5.63. The van der Waals surface area contributed by atoms with Crippen molar-refractivity contribution >= 4 is 0 Å². The van der Waals surface area contributed by atoms with Gasteiger partial charge in [0.05, 0.1) is 0 Å². The molecule has 19 heavy (non-hydrogen) atoms. The van der Waals surface area contributed by atoms with E-state index >= 15 is 0 Å². The van der Waals surface area contributed by atoms with Crippen molar-refractivity contribution in [1.29, 1.82) is 0 Å². The molecular weight excluding hydrogens is 242 g/mol. The average Bonchev–Trinajstić information content (AvgIpc) is 2.86. The van der Waals surface area contributed by atoms with Crippen molar-refractivity contribution in [2.75, 3.05) is 13.6 Å². The fraction of sp³-hybridized carbons (Fsp3) is 0.429. The molecule has 2 rings (SSSR count). The van der Waals surface area contributed by atoms with Gasteiger partial charge in [-0.1, -0.05) is 11.2 Å². The van der Waals surface area contributed by atoms with Crippen LogP contribution in [0.5, 0.6) is 5.75 Å². The fourth-order valence-electron chi connectivity index (χ4n) is 1.64. The van der Waals surface area contributed by atoms with Crippen molar-refractivity contribution in [3.8, 4) is 5.75 Å². The van der Waals surface area contributed by atoms with Gasteiger partial charge in [0.15, 0.2) is 12.4 Å². The lowest BCUT2D eigenvalue weighted by atomic mass is 10.1. The maximum atomic E-state index is 5.63. The first-order valence-electron chi connectivity index (χ1n) is 6.35. The Hall–Kier alpha value is -1.88. The van der Waals surface area contributed by atoms with Crippen molar-refractivity contribution in [2.45, 2.75) is 26.9 Å². The molecule has 0 fully saturated rings. The second-order valence-corrected chi connectivity index (χ2v) is 4.49. The minimum Gasteiger partial charge on any atom is -0.484 e.